The molecule has 0 spiro atoms. The largest absolute Gasteiger partial charge is 0.330 e. The highest BCUT2D eigenvalue weighted by molar-refractivity contribution is 4.64. The van der Waals surface area contributed by atoms with Gasteiger partial charge in [-0.05, 0) is 19.9 Å². The van der Waals surface area contributed by atoms with Crippen molar-refractivity contribution in [1.82, 2.24) is 5.01 Å². The third-order valence-corrected chi connectivity index (χ3v) is 3.43. The van der Waals surface area contributed by atoms with E-state index in [1.54, 1.807) is 0 Å². The molecule has 0 amide bonds. The van der Waals surface area contributed by atoms with Gasteiger partial charge in [0, 0.05) is 19.5 Å². The molecule has 76 valence electrons. The van der Waals surface area contributed by atoms with Crippen molar-refractivity contribution < 1.29 is 9.33 Å². The monoisotopic (exact) mass is 186 g/mol. The van der Waals surface area contributed by atoms with E-state index in [0.29, 0.717) is 6.04 Å². The number of hydrogen-bond donors (Lipinski definition) is 1. The van der Waals surface area contributed by atoms with E-state index in [1.165, 1.54) is 19.5 Å². The second-order valence-corrected chi connectivity index (χ2v) is 4.18. The first-order valence-corrected chi connectivity index (χ1v) is 5.19. The maximum Gasteiger partial charge on any atom is 0.208 e. The van der Waals surface area contributed by atoms with Gasteiger partial charge >= 0.3 is 0 Å². The van der Waals surface area contributed by atoms with E-state index in [-0.39, 0.29) is 0 Å². The van der Waals surface area contributed by atoms with Crippen LogP contribution in [0.1, 0.15) is 19.8 Å². The Kier molecular flexibility index (Phi) is 2.55. The van der Waals surface area contributed by atoms with Gasteiger partial charge in [-0.25, -0.2) is 0 Å². The van der Waals surface area contributed by atoms with Crippen molar-refractivity contribution >= 4 is 0 Å². The van der Waals surface area contributed by atoms with Crippen LogP contribution >= 0.6 is 0 Å². The second-order valence-electron chi connectivity index (χ2n) is 4.18. The molecule has 2 saturated heterocycles. The van der Waals surface area contributed by atoms with Crippen LogP contribution in [0.15, 0.2) is 0 Å². The van der Waals surface area contributed by atoms with E-state index in [2.05, 4.69) is 11.9 Å². The minimum Gasteiger partial charge on any atom is -0.330 e. The van der Waals surface area contributed by atoms with Crippen LogP contribution in [0, 0.1) is 0 Å². The van der Waals surface area contributed by atoms with Crippen molar-refractivity contribution in [2.45, 2.75) is 25.8 Å². The molecule has 13 heavy (non-hydrogen) atoms. The molecule has 0 aliphatic carbocycles. The smallest absolute Gasteiger partial charge is 0.208 e. The van der Waals surface area contributed by atoms with Crippen LogP contribution in [-0.4, -0.2) is 48.7 Å². The van der Waals surface area contributed by atoms with E-state index in [0.717, 1.165) is 31.0 Å². The molecule has 1 unspecified atom stereocenters. The standard InChI is InChI=1S/C9H20N3O/c1-9(3-4-10)12(7-13-8-12)11-5-2-6-11/h9H,2-8,10H2,1H3/q+1. The van der Waals surface area contributed by atoms with Gasteiger partial charge in [-0.2, -0.15) is 9.60 Å². The topological polar surface area (TPSA) is 38.5 Å². The molecule has 2 rings (SSSR count). The highest BCUT2D eigenvalue weighted by atomic mass is 16.6. The van der Waals surface area contributed by atoms with Crippen LogP contribution in [0.25, 0.3) is 0 Å². The van der Waals surface area contributed by atoms with E-state index in [1.807, 2.05) is 0 Å². The summed E-state index contributed by atoms with van der Waals surface area (Å²) in [5.41, 5.74) is 5.60. The van der Waals surface area contributed by atoms with Gasteiger partial charge in [-0.3, -0.25) is 4.74 Å². The van der Waals surface area contributed by atoms with Gasteiger partial charge in [0.25, 0.3) is 0 Å². The van der Waals surface area contributed by atoms with Gasteiger partial charge in [0.2, 0.25) is 13.5 Å². The molecule has 1 atom stereocenters. The summed E-state index contributed by atoms with van der Waals surface area (Å²) in [6, 6.07) is 0.624. The van der Waals surface area contributed by atoms with Crippen molar-refractivity contribution in [3.8, 4) is 0 Å². The van der Waals surface area contributed by atoms with Crippen LogP contribution in [0.4, 0.5) is 0 Å². The fourth-order valence-corrected chi connectivity index (χ4v) is 2.15. The van der Waals surface area contributed by atoms with Crippen molar-refractivity contribution in [2.24, 2.45) is 5.73 Å². The summed E-state index contributed by atoms with van der Waals surface area (Å²) in [6.45, 7) is 7.27. The Morgan fingerprint density at radius 2 is 2.15 bits per heavy atom. The molecular formula is C9H20N3O+. The first-order chi connectivity index (χ1) is 6.29. The maximum absolute atomic E-state index is 5.60. The van der Waals surface area contributed by atoms with E-state index in [4.69, 9.17) is 10.5 Å². The fraction of sp³-hybridized carbons (Fsp3) is 1.00. The SMILES string of the molecule is CC(CCN)[N+]1(N2CCC2)COC1. The summed E-state index contributed by atoms with van der Waals surface area (Å²) in [5, 5.41) is 2.52. The number of rotatable bonds is 4. The molecule has 0 aromatic carbocycles. The van der Waals surface area contributed by atoms with E-state index < -0.39 is 0 Å². The minimum absolute atomic E-state index is 0.624. The van der Waals surface area contributed by atoms with Gasteiger partial charge in [0.15, 0.2) is 0 Å². The van der Waals surface area contributed by atoms with Crippen molar-refractivity contribution in [2.75, 3.05) is 33.1 Å². The molecule has 2 N–H and O–H groups in total. The number of nitrogens with zero attached hydrogens (tertiary/aromatic N) is 2. The Bertz CT molecular complexity index is 178. The Morgan fingerprint density at radius 1 is 1.46 bits per heavy atom. The van der Waals surface area contributed by atoms with Crippen LogP contribution in [-0.2, 0) is 4.74 Å². The molecule has 0 aromatic heterocycles. The molecule has 0 bridgehead atoms. The second kappa shape index (κ2) is 3.53. The Morgan fingerprint density at radius 3 is 2.46 bits per heavy atom. The van der Waals surface area contributed by atoms with Gasteiger partial charge in [0.05, 0.1) is 0 Å². The quantitative estimate of drug-likeness (QED) is 0.633. The molecular weight excluding hydrogens is 166 g/mol. The number of hydrogen-bond acceptors (Lipinski definition) is 3. The average molecular weight is 186 g/mol. The summed E-state index contributed by atoms with van der Waals surface area (Å²) in [6.07, 6.45) is 2.44. The summed E-state index contributed by atoms with van der Waals surface area (Å²) in [7, 11) is 0. The Hall–Kier alpha value is -0.160. The lowest BCUT2D eigenvalue weighted by Crippen LogP contribution is -2.75. The zero-order chi connectivity index (χ0) is 9.31. The van der Waals surface area contributed by atoms with Crippen LogP contribution in [0.3, 0.4) is 0 Å². The first-order valence-electron chi connectivity index (χ1n) is 5.19. The molecule has 0 saturated carbocycles. The number of nitrogens with two attached hydrogens (primary N) is 1. The summed E-state index contributed by atoms with van der Waals surface area (Å²) < 4.78 is 6.39. The third kappa shape index (κ3) is 1.38. The summed E-state index contributed by atoms with van der Waals surface area (Å²) in [4.78, 5) is 0. The molecule has 2 fully saturated rings. The average Bonchev–Trinajstić information content (AvgIpc) is 1.92. The Labute approximate surface area is 79.8 Å². The van der Waals surface area contributed by atoms with Crippen LogP contribution in [0.5, 0.6) is 0 Å². The Balaban J connectivity index is 1.96. The van der Waals surface area contributed by atoms with Crippen molar-refractivity contribution in [1.29, 1.82) is 0 Å². The highest BCUT2D eigenvalue weighted by Crippen LogP contribution is 2.31. The van der Waals surface area contributed by atoms with Gasteiger partial charge in [-0.15, -0.1) is 0 Å². The molecule has 2 heterocycles. The number of ether oxygens (including phenoxy) is 1. The lowest BCUT2D eigenvalue weighted by atomic mass is 10.1. The van der Waals surface area contributed by atoms with Gasteiger partial charge in [-0.1, -0.05) is 0 Å². The molecule has 4 nitrogen and oxygen atoms in total. The zero-order valence-electron chi connectivity index (χ0n) is 8.41. The number of quaternary nitrogens is 1. The van der Waals surface area contributed by atoms with Gasteiger partial charge in [0.1, 0.15) is 6.04 Å². The predicted octanol–water partition coefficient (Wildman–Crippen LogP) is 0.106. The zero-order valence-corrected chi connectivity index (χ0v) is 8.41. The van der Waals surface area contributed by atoms with E-state index >= 15 is 0 Å². The van der Waals surface area contributed by atoms with Crippen molar-refractivity contribution in [3.63, 3.8) is 0 Å². The maximum atomic E-state index is 5.60. The first kappa shape index (κ1) is 9.40. The normalized spacial score (nSPS) is 29.1. The van der Waals surface area contributed by atoms with Gasteiger partial charge < -0.3 is 5.73 Å². The van der Waals surface area contributed by atoms with Crippen molar-refractivity contribution in [3.05, 3.63) is 0 Å². The van der Waals surface area contributed by atoms with Crippen LogP contribution in [0.2, 0.25) is 0 Å². The molecule has 4 heteroatoms. The highest BCUT2D eigenvalue weighted by Gasteiger charge is 2.49. The lowest BCUT2D eigenvalue weighted by molar-refractivity contribution is -1.13. The van der Waals surface area contributed by atoms with Crippen LogP contribution < -0.4 is 5.73 Å². The minimum atomic E-state index is 0.624. The predicted molar refractivity (Wildman–Crippen MR) is 50.4 cm³/mol. The molecule has 0 aromatic rings. The fourth-order valence-electron chi connectivity index (χ4n) is 2.15. The molecule has 2 aliphatic heterocycles. The van der Waals surface area contributed by atoms with E-state index in [9.17, 15) is 0 Å². The molecule has 2 aliphatic rings. The third-order valence-electron chi connectivity index (χ3n) is 3.43. The summed E-state index contributed by atoms with van der Waals surface area (Å²) >= 11 is 0. The molecule has 0 radical (unpaired) electrons. The summed E-state index contributed by atoms with van der Waals surface area (Å²) in [5.74, 6) is 0. The lowest BCUT2D eigenvalue weighted by Gasteiger charge is -2.56.